The molecular formula is C9H16O5. The van der Waals surface area contributed by atoms with Crippen molar-refractivity contribution in [3.8, 4) is 0 Å². The monoisotopic (exact) mass is 204 g/mol. The maximum absolute atomic E-state index is 9.66. The summed E-state index contributed by atoms with van der Waals surface area (Å²) in [5.74, 6) is 0. The molecule has 0 aliphatic carbocycles. The molecule has 5 heteroatoms. The Kier molecular flexibility index (Phi) is 4.50. The molecule has 1 heterocycles. The van der Waals surface area contributed by atoms with E-state index >= 15 is 0 Å². The number of methoxy groups -OCH3 is 1. The van der Waals surface area contributed by atoms with Gasteiger partial charge >= 0.3 is 0 Å². The smallest absolute Gasteiger partial charge is 0.184 e. The molecule has 0 saturated carbocycles. The van der Waals surface area contributed by atoms with Crippen LogP contribution in [0.1, 0.15) is 6.92 Å². The number of aliphatic hydroxyl groups is 2. The highest BCUT2D eigenvalue weighted by atomic mass is 16.7. The van der Waals surface area contributed by atoms with Gasteiger partial charge in [-0.25, -0.2) is 0 Å². The lowest BCUT2D eigenvalue weighted by molar-refractivity contribution is -0.170. The van der Waals surface area contributed by atoms with Crippen molar-refractivity contribution in [1.29, 1.82) is 0 Å². The number of aliphatic hydroxyl groups excluding tert-OH is 2. The van der Waals surface area contributed by atoms with Gasteiger partial charge in [-0.2, -0.15) is 0 Å². The van der Waals surface area contributed by atoms with E-state index in [2.05, 4.69) is 4.74 Å². The normalized spacial score (nSPS) is 38.3. The molecule has 0 aromatic carbocycles. The molecule has 1 unspecified atom stereocenters. The van der Waals surface area contributed by atoms with Crippen LogP contribution in [0, 0.1) is 0 Å². The van der Waals surface area contributed by atoms with Gasteiger partial charge < -0.3 is 24.4 Å². The van der Waals surface area contributed by atoms with Gasteiger partial charge in [0.05, 0.1) is 0 Å². The maximum Gasteiger partial charge on any atom is 0.184 e. The first kappa shape index (κ1) is 11.6. The molecule has 82 valence electrons. The first-order valence-corrected chi connectivity index (χ1v) is 4.45. The Hall–Kier alpha value is -0.460. The van der Waals surface area contributed by atoms with Crippen molar-refractivity contribution < 1.29 is 24.4 Å². The van der Waals surface area contributed by atoms with E-state index in [4.69, 9.17) is 9.47 Å². The average Bonchev–Trinajstić information content (AvgIpc) is 2.41. The zero-order valence-electron chi connectivity index (χ0n) is 8.29. The summed E-state index contributed by atoms with van der Waals surface area (Å²) in [6, 6.07) is 0. The Morgan fingerprint density at radius 2 is 2.14 bits per heavy atom. The quantitative estimate of drug-likeness (QED) is 0.483. The Labute approximate surface area is 82.9 Å². The molecule has 2 N–H and O–H groups in total. The minimum absolute atomic E-state index is 0.0186. The third-order valence-electron chi connectivity index (χ3n) is 2.01. The predicted molar refractivity (Wildman–Crippen MR) is 48.4 cm³/mol. The van der Waals surface area contributed by atoms with E-state index in [-0.39, 0.29) is 6.79 Å². The molecule has 0 radical (unpaired) electrons. The number of allylic oxidation sites excluding steroid dienone is 1. The van der Waals surface area contributed by atoms with Crippen LogP contribution in [0.25, 0.3) is 0 Å². The van der Waals surface area contributed by atoms with E-state index in [9.17, 15) is 10.2 Å². The molecule has 14 heavy (non-hydrogen) atoms. The number of hydrogen-bond acceptors (Lipinski definition) is 5. The number of hydrogen-bond donors (Lipinski definition) is 2. The molecule has 0 bridgehead atoms. The fraction of sp³-hybridized carbons (Fsp3) is 0.778. The lowest BCUT2D eigenvalue weighted by atomic mass is 10.1. The summed E-state index contributed by atoms with van der Waals surface area (Å²) in [7, 11) is 1.47. The van der Waals surface area contributed by atoms with Crippen LogP contribution in [0.15, 0.2) is 12.2 Å². The van der Waals surface area contributed by atoms with Gasteiger partial charge in [0.15, 0.2) is 6.29 Å². The van der Waals surface area contributed by atoms with E-state index in [1.165, 1.54) is 7.11 Å². The summed E-state index contributed by atoms with van der Waals surface area (Å²) < 4.78 is 14.8. The molecule has 0 aromatic heterocycles. The summed E-state index contributed by atoms with van der Waals surface area (Å²) in [6.07, 6.45) is 0.175. The zero-order valence-corrected chi connectivity index (χ0v) is 8.29. The molecule has 1 fully saturated rings. The largest absolute Gasteiger partial charge is 0.387 e. The highest BCUT2D eigenvalue weighted by Gasteiger charge is 2.42. The molecule has 4 atom stereocenters. The van der Waals surface area contributed by atoms with Gasteiger partial charge in [0, 0.05) is 7.11 Å². The minimum atomic E-state index is -1.11. The highest BCUT2D eigenvalue weighted by Crippen LogP contribution is 2.23. The topological polar surface area (TPSA) is 68.2 Å². The Morgan fingerprint density at radius 1 is 1.43 bits per heavy atom. The predicted octanol–water partition coefficient (Wildman–Crippen LogP) is -0.370. The summed E-state index contributed by atoms with van der Waals surface area (Å²) >= 11 is 0. The van der Waals surface area contributed by atoms with Gasteiger partial charge in [0.25, 0.3) is 0 Å². The SMILES string of the molecule is C/C=C/[C@H]1OC(O)[C@H](OCOC)[C@H]1O. The fourth-order valence-electron chi connectivity index (χ4n) is 1.35. The van der Waals surface area contributed by atoms with E-state index in [1.54, 1.807) is 12.2 Å². The van der Waals surface area contributed by atoms with Crippen LogP contribution >= 0.6 is 0 Å². The van der Waals surface area contributed by atoms with Gasteiger partial charge in [-0.1, -0.05) is 12.2 Å². The molecule has 1 rings (SSSR count). The van der Waals surface area contributed by atoms with Crippen molar-refractivity contribution in [2.75, 3.05) is 13.9 Å². The summed E-state index contributed by atoms with van der Waals surface area (Å²) in [5.41, 5.74) is 0. The number of rotatable bonds is 4. The van der Waals surface area contributed by atoms with Crippen LogP contribution in [0.4, 0.5) is 0 Å². The third kappa shape index (κ3) is 2.52. The van der Waals surface area contributed by atoms with Gasteiger partial charge in [-0.05, 0) is 6.92 Å². The van der Waals surface area contributed by atoms with Crippen molar-refractivity contribution in [3.63, 3.8) is 0 Å². The second-order valence-corrected chi connectivity index (χ2v) is 3.05. The third-order valence-corrected chi connectivity index (χ3v) is 2.01. The average molecular weight is 204 g/mol. The minimum Gasteiger partial charge on any atom is -0.387 e. The van der Waals surface area contributed by atoms with Crippen LogP contribution in [0.2, 0.25) is 0 Å². The zero-order chi connectivity index (χ0) is 10.6. The van der Waals surface area contributed by atoms with Crippen molar-refractivity contribution in [1.82, 2.24) is 0 Å². The van der Waals surface area contributed by atoms with Crippen molar-refractivity contribution in [2.24, 2.45) is 0 Å². The van der Waals surface area contributed by atoms with Gasteiger partial charge in [0.2, 0.25) is 0 Å². The van der Waals surface area contributed by atoms with E-state index in [0.717, 1.165) is 0 Å². The molecule has 5 nitrogen and oxygen atoms in total. The summed E-state index contributed by atoms with van der Waals surface area (Å²) in [6.45, 7) is 1.83. The maximum atomic E-state index is 9.66. The molecule has 1 aliphatic heterocycles. The molecular weight excluding hydrogens is 188 g/mol. The lowest BCUT2D eigenvalue weighted by Gasteiger charge is -2.16. The van der Waals surface area contributed by atoms with Gasteiger partial charge in [-0.3, -0.25) is 0 Å². The second kappa shape index (κ2) is 5.43. The Balaban J connectivity index is 2.51. The van der Waals surface area contributed by atoms with Crippen LogP contribution in [-0.4, -0.2) is 48.7 Å². The lowest BCUT2D eigenvalue weighted by Crippen LogP contribution is -2.35. The molecule has 1 saturated heterocycles. The molecule has 0 spiro atoms. The summed E-state index contributed by atoms with van der Waals surface area (Å²) in [5, 5.41) is 19.0. The van der Waals surface area contributed by atoms with Gasteiger partial charge in [-0.15, -0.1) is 0 Å². The van der Waals surface area contributed by atoms with E-state index in [1.807, 2.05) is 6.92 Å². The summed E-state index contributed by atoms with van der Waals surface area (Å²) in [4.78, 5) is 0. The van der Waals surface area contributed by atoms with Crippen LogP contribution < -0.4 is 0 Å². The first-order chi connectivity index (χ1) is 6.70. The standard InChI is InChI=1S/C9H16O5/c1-3-4-6-7(10)8(9(11)14-6)13-5-12-2/h3-4,6-11H,5H2,1-2H3/b4-3+/t6-,7+,8-,9?/m1/s1. The Bertz CT molecular complexity index is 194. The molecule has 0 aromatic rings. The van der Waals surface area contributed by atoms with Crippen molar-refractivity contribution in [3.05, 3.63) is 12.2 Å². The highest BCUT2D eigenvalue weighted by molar-refractivity contribution is 4.99. The second-order valence-electron chi connectivity index (χ2n) is 3.05. The number of ether oxygens (including phenoxy) is 3. The first-order valence-electron chi connectivity index (χ1n) is 4.45. The van der Waals surface area contributed by atoms with Crippen molar-refractivity contribution in [2.45, 2.75) is 31.5 Å². The van der Waals surface area contributed by atoms with Crippen LogP contribution in [0.3, 0.4) is 0 Å². The molecule has 0 amide bonds. The van der Waals surface area contributed by atoms with E-state index < -0.39 is 24.6 Å². The van der Waals surface area contributed by atoms with Crippen LogP contribution in [0.5, 0.6) is 0 Å². The fourth-order valence-corrected chi connectivity index (χ4v) is 1.35. The van der Waals surface area contributed by atoms with Crippen molar-refractivity contribution >= 4 is 0 Å². The van der Waals surface area contributed by atoms with E-state index in [0.29, 0.717) is 0 Å². The van der Waals surface area contributed by atoms with Crippen LogP contribution in [-0.2, 0) is 14.2 Å². The van der Waals surface area contributed by atoms with Gasteiger partial charge in [0.1, 0.15) is 25.1 Å². The Morgan fingerprint density at radius 3 is 2.71 bits per heavy atom. The molecule has 1 aliphatic rings.